The molecule has 1 unspecified atom stereocenters. The van der Waals surface area contributed by atoms with E-state index < -0.39 is 0 Å². The van der Waals surface area contributed by atoms with Gasteiger partial charge in [-0.15, -0.1) is 22.9 Å². The zero-order chi connectivity index (χ0) is 11.8. The molecule has 2 heteroatoms. The van der Waals surface area contributed by atoms with Gasteiger partial charge in [-0.2, -0.15) is 0 Å². The molecule has 0 spiro atoms. The second-order valence-corrected chi connectivity index (χ2v) is 6.91. The largest absolute Gasteiger partial charge is 0.144 e. The first-order chi connectivity index (χ1) is 7.59. The van der Waals surface area contributed by atoms with Crippen LogP contribution in [-0.2, 0) is 0 Å². The molecule has 0 aliphatic heterocycles. The second-order valence-electron chi connectivity index (χ2n) is 5.19. The lowest BCUT2D eigenvalue weighted by molar-refractivity contribution is 0.273. The number of hydrogen-bond acceptors (Lipinski definition) is 1. The second kappa shape index (κ2) is 4.70. The van der Waals surface area contributed by atoms with Crippen molar-refractivity contribution in [1.82, 2.24) is 0 Å². The highest BCUT2D eigenvalue weighted by Crippen LogP contribution is 2.54. The molecule has 2 rings (SSSR count). The van der Waals surface area contributed by atoms with Crippen molar-refractivity contribution in [2.24, 2.45) is 5.41 Å². The molecule has 1 aliphatic rings. The van der Waals surface area contributed by atoms with E-state index in [4.69, 9.17) is 11.6 Å². The lowest BCUT2D eigenvalue weighted by atomic mass is 9.79. The van der Waals surface area contributed by atoms with Crippen LogP contribution in [-0.4, -0.2) is 0 Å². The van der Waals surface area contributed by atoms with Gasteiger partial charge < -0.3 is 0 Å². The van der Waals surface area contributed by atoms with Crippen molar-refractivity contribution in [3.8, 4) is 0 Å². The summed E-state index contributed by atoms with van der Waals surface area (Å²) in [6.07, 6.45) is 6.57. The maximum atomic E-state index is 6.80. The highest BCUT2D eigenvalue weighted by atomic mass is 35.5. The first-order valence-corrected chi connectivity index (χ1v) is 7.55. The third-order valence-corrected chi connectivity index (χ3v) is 6.18. The van der Waals surface area contributed by atoms with Crippen molar-refractivity contribution in [3.05, 3.63) is 21.4 Å². The van der Waals surface area contributed by atoms with Crippen LogP contribution in [0, 0.1) is 19.3 Å². The van der Waals surface area contributed by atoms with Crippen molar-refractivity contribution in [2.45, 2.75) is 58.3 Å². The normalized spacial score (nSPS) is 21.2. The van der Waals surface area contributed by atoms with Gasteiger partial charge in [-0.05, 0) is 50.2 Å². The van der Waals surface area contributed by atoms with Gasteiger partial charge in [0, 0.05) is 9.75 Å². The first kappa shape index (κ1) is 12.4. The highest BCUT2D eigenvalue weighted by molar-refractivity contribution is 7.12. The summed E-state index contributed by atoms with van der Waals surface area (Å²) in [5, 5.41) is 0.235. The summed E-state index contributed by atoms with van der Waals surface area (Å²) in [5.41, 5.74) is 1.77. The van der Waals surface area contributed by atoms with Crippen LogP contribution in [0.1, 0.15) is 59.7 Å². The fraction of sp³-hybridized carbons (Fsp3) is 0.714. The van der Waals surface area contributed by atoms with Crippen LogP contribution in [0.25, 0.3) is 0 Å². The molecular weight excluding hydrogens is 236 g/mol. The van der Waals surface area contributed by atoms with Crippen LogP contribution in [0.2, 0.25) is 0 Å². The van der Waals surface area contributed by atoms with E-state index >= 15 is 0 Å². The molecule has 0 bridgehead atoms. The smallest absolute Gasteiger partial charge is 0.0737 e. The number of hydrogen-bond donors (Lipinski definition) is 0. The summed E-state index contributed by atoms with van der Waals surface area (Å²) in [6.45, 7) is 6.68. The zero-order valence-corrected chi connectivity index (χ0v) is 12.0. The summed E-state index contributed by atoms with van der Waals surface area (Å²) in [5.74, 6) is 0. The van der Waals surface area contributed by atoms with Gasteiger partial charge in [-0.3, -0.25) is 0 Å². The zero-order valence-electron chi connectivity index (χ0n) is 10.5. The molecule has 0 aromatic carbocycles. The molecule has 1 aromatic heterocycles. The summed E-state index contributed by atoms with van der Waals surface area (Å²) < 4.78 is 0. The van der Waals surface area contributed by atoms with E-state index in [1.807, 2.05) is 11.3 Å². The van der Waals surface area contributed by atoms with E-state index in [1.54, 1.807) is 0 Å². The molecule has 0 radical (unpaired) electrons. The van der Waals surface area contributed by atoms with Crippen LogP contribution >= 0.6 is 22.9 Å². The van der Waals surface area contributed by atoms with Crippen molar-refractivity contribution in [3.63, 3.8) is 0 Å². The van der Waals surface area contributed by atoms with Gasteiger partial charge in [-0.1, -0.05) is 19.8 Å². The van der Waals surface area contributed by atoms with E-state index in [9.17, 15) is 0 Å². The van der Waals surface area contributed by atoms with E-state index in [0.717, 1.165) is 0 Å². The van der Waals surface area contributed by atoms with Crippen LogP contribution in [0.3, 0.4) is 0 Å². The van der Waals surface area contributed by atoms with E-state index in [-0.39, 0.29) is 5.38 Å². The number of thiophene rings is 1. The summed E-state index contributed by atoms with van der Waals surface area (Å²) in [6, 6.07) is 2.27. The Balaban J connectivity index is 2.29. The Morgan fingerprint density at radius 2 is 2.00 bits per heavy atom. The van der Waals surface area contributed by atoms with Gasteiger partial charge in [-0.25, -0.2) is 0 Å². The number of alkyl halides is 1. The molecule has 1 heterocycles. The molecule has 1 fully saturated rings. The molecular formula is C14H21ClS. The molecule has 90 valence electrons. The highest BCUT2D eigenvalue weighted by Gasteiger charge is 2.40. The van der Waals surface area contributed by atoms with Gasteiger partial charge >= 0.3 is 0 Å². The minimum atomic E-state index is 0.235. The molecule has 0 nitrogen and oxygen atoms in total. The number of aryl methyl sites for hydroxylation is 2. The monoisotopic (exact) mass is 256 g/mol. The SMILES string of the molecule is CCC1(C(Cl)c2sc(C)cc2C)CCCC1. The van der Waals surface area contributed by atoms with Crippen LogP contribution in [0.15, 0.2) is 6.07 Å². The lowest BCUT2D eigenvalue weighted by Gasteiger charge is -2.32. The summed E-state index contributed by atoms with van der Waals surface area (Å²) >= 11 is 8.69. The fourth-order valence-electron chi connectivity index (χ4n) is 3.05. The minimum absolute atomic E-state index is 0.235. The van der Waals surface area contributed by atoms with Crippen LogP contribution in [0.5, 0.6) is 0 Å². The topological polar surface area (TPSA) is 0 Å². The van der Waals surface area contributed by atoms with E-state index in [0.29, 0.717) is 5.41 Å². The van der Waals surface area contributed by atoms with Gasteiger partial charge in [0.15, 0.2) is 0 Å². The Labute approximate surface area is 108 Å². The van der Waals surface area contributed by atoms with Crippen molar-refractivity contribution < 1.29 is 0 Å². The maximum absolute atomic E-state index is 6.80. The Morgan fingerprint density at radius 3 is 2.44 bits per heavy atom. The Hall–Kier alpha value is -0.0100. The van der Waals surface area contributed by atoms with Gasteiger partial charge in [0.2, 0.25) is 0 Å². The number of halogens is 1. The predicted molar refractivity (Wildman–Crippen MR) is 73.6 cm³/mol. The molecule has 0 saturated heterocycles. The van der Waals surface area contributed by atoms with Gasteiger partial charge in [0.25, 0.3) is 0 Å². The van der Waals surface area contributed by atoms with Crippen LogP contribution in [0.4, 0.5) is 0 Å². The molecule has 16 heavy (non-hydrogen) atoms. The van der Waals surface area contributed by atoms with E-state index in [2.05, 4.69) is 26.8 Å². The molecule has 1 aliphatic carbocycles. The average molecular weight is 257 g/mol. The van der Waals surface area contributed by atoms with Crippen molar-refractivity contribution >= 4 is 22.9 Å². The molecule has 1 saturated carbocycles. The molecule has 1 aromatic rings. The third-order valence-electron chi connectivity index (χ3n) is 4.15. The first-order valence-electron chi connectivity index (χ1n) is 6.30. The minimum Gasteiger partial charge on any atom is -0.144 e. The average Bonchev–Trinajstić information content (AvgIpc) is 2.85. The maximum Gasteiger partial charge on any atom is 0.0737 e. The van der Waals surface area contributed by atoms with Crippen molar-refractivity contribution in [1.29, 1.82) is 0 Å². The van der Waals surface area contributed by atoms with Gasteiger partial charge in [0.1, 0.15) is 0 Å². The predicted octanol–water partition coefficient (Wildman–Crippen LogP) is 5.62. The Morgan fingerprint density at radius 1 is 1.38 bits per heavy atom. The molecule has 1 atom stereocenters. The quantitative estimate of drug-likeness (QED) is 0.616. The standard InChI is InChI=1S/C14H21ClS/c1-4-14(7-5-6-8-14)13(15)12-10(2)9-11(3)16-12/h9,13H,4-8H2,1-3H3. The van der Waals surface area contributed by atoms with E-state index in [1.165, 1.54) is 47.4 Å². The third kappa shape index (κ3) is 2.04. The Bertz CT molecular complexity index is 361. The molecule has 0 N–H and O–H groups in total. The summed E-state index contributed by atoms with van der Waals surface area (Å²) in [7, 11) is 0. The Kier molecular flexibility index (Phi) is 3.65. The number of rotatable bonds is 3. The molecule has 0 amide bonds. The fourth-order valence-corrected chi connectivity index (χ4v) is 4.89. The lowest BCUT2D eigenvalue weighted by Crippen LogP contribution is -2.21. The van der Waals surface area contributed by atoms with Crippen LogP contribution < -0.4 is 0 Å². The summed E-state index contributed by atoms with van der Waals surface area (Å²) in [4.78, 5) is 2.81. The van der Waals surface area contributed by atoms with Gasteiger partial charge in [0.05, 0.1) is 5.38 Å². The van der Waals surface area contributed by atoms with Crippen molar-refractivity contribution in [2.75, 3.05) is 0 Å².